The number of anilines is 1. The average Bonchev–Trinajstić information content (AvgIpc) is 2.52. The molecule has 1 aliphatic heterocycles. The summed E-state index contributed by atoms with van der Waals surface area (Å²) in [4.78, 5) is 16.6. The van der Waals surface area contributed by atoms with Crippen LogP contribution in [0.4, 0.5) is 10.5 Å². The van der Waals surface area contributed by atoms with E-state index in [0.29, 0.717) is 12.1 Å². The van der Waals surface area contributed by atoms with Crippen LogP contribution in [0.3, 0.4) is 0 Å². The first kappa shape index (κ1) is 15.2. The lowest BCUT2D eigenvalue weighted by molar-refractivity contribution is 0.143. The Morgan fingerprint density at radius 2 is 1.86 bits per heavy atom. The molecule has 0 aromatic heterocycles. The van der Waals surface area contributed by atoms with Gasteiger partial charge < -0.3 is 15.1 Å². The van der Waals surface area contributed by atoms with Gasteiger partial charge in [-0.15, -0.1) is 0 Å². The van der Waals surface area contributed by atoms with Crippen LogP contribution in [0.15, 0.2) is 30.3 Å². The third kappa shape index (κ3) is 3.37. The van der Waals surface area contributed by atoms with Crippen molar-refractivity contribution in [3.63, 3.8) is 0 Å². The van der Waals surface area contributed by atoms with Crippen molar-refractivity contribution in [3.05, 3.63) is 30.3 Å². The van der Waals surface area contributed by atoms with Crippen molar-refractivity contribution < 1.29 is 4.79 Å². The van der Waals surface area contributed by atoms with Gasteiger partial charge in [-0.3, -0.25) is 0 Å². The second-order valence-corrected chi connectivity index (χ2v) is 6.46. The smallest absolute Gasteiger partial charge is 0.317 e. The number of amides is 2. The summed E-state index contributed by atoms with van der Waals surface area (Å²) in [5.41, 5.74) is 1.25. The van der Waals surface area contributed by atoms with Crippen LogP contribution in [-0.2, 0) is 0 Å². The van der Waals surface area contributed by atoms with Crippen LogP contribution in [0.1, 0.15) is 39.0 Å². The highest BCUT2D eigenvalue weighted by Gasteiger charge is 2.35. The predicted octanol–water partition coefficient (Wildman–Crippen LogP) is 3.24. The van der Waals surface area contributed by atoms with Crippen molar-refractivity contribution in [2.45, 2.75) is 51.1 Å². The first-order valence-electron chi connectivity index (χ1n) is 8.65. The first-order valence-corrected chi connectivity index (χ1v) is 8.65. The molecule has 3 rings (SSSR count). The maximum Gasteiger partial charge on any atom is 0.317 e. The zero-order valence-corrected chi connectivity index (χ0v) is 13.5. The van der Waals surface area contributed by atoms with E-state index in [2.05, 4.69) is 41.4 Å². The molecule has 0 atom stereocenters. The summed E-state index contributed by atoms with van der Waals surface area (Å²) in [5.74, 6) is 0. The highest BCUT2D eigenvalue weighted by Crippen LogP contribution is 2.23. The molecule has 1 saturated heterocycles. The van der Waals surface area contributed by atoms with Crippen LogP contribution >= 0.6 is 0 Å². The molecule has 1 heterocycles. The molecule has 1 aromatic rings. The molecule has 1 aromatic carbocycles. The molecule has 0 unspecified atom stereocenters. The molecule has 1 aliphatic carbocycles. The Kier molecular flexibility index (Phi) is 4.86. The Morgan fingerprint density at radius 3 is 2.50 bits per heavy atom. The number of carbonyl (C=O) groups is 1. The maximum atomic E-state index is 12.3. The van der Waals surface area contributed by atoms with Gasteiger partial charge in [0.1, 0.15) is 0 Å². The fourth-order valence-electron chi connectivity index (χ4n) is 3.60. The third-order valence-corrected chi connectivity index (χ3v) is 4.95. The van der Waals surface area contributed by atoms with Crippen LogP contribution in [0, 0.1) is 0 Å². The summed E-state index contributed by atoms with van der Waals surface area (Å²) in [5, 5.41) is 3.21. The van der Waals surface area contributed by atoms with E-state index in [4.69, 9.17) is 0 Å². The number of para-hydroxylation sites is 1. The number of hydrogen-bond acceptors (Lipinski definition) is 2. The zero-order chi connectivity index (χ0) is 15.4. The molecule has 1 saturated carbocycles. The van der Waals surface area contributed by atoms with Crippen LogP contribution in [0.5, 0.6) is 0 Å². The summed E-state index contributed by atoms with van der Waals surface area (Å²) < 4.78 is 0. The van der Waals surface area contributed by atoms with Crippen LogP contribution in [0.2, 0.25) is 0 Å². The summed E-state index contributed by atoms with van der Waals surface area (Å²) in [6.07, 6.45) is 6.12. The molecular formula is C18H27N3O. The number of hydrogen-bond donors (Lipinski definition) is 1. The van der Waals surface area contributed by atoms with Gasteiger partial charge in [-0.2, -0.15) is 0 Å². The molecule has 4 heteroatoms. The minimum atomic E-state index is 0.132. The van der Waals surface area contributed by atoms with E-state index < -0.39 is 0 Å². The molecule has 2 aliphatic rings. The van der Waals surface area contributed by atoms with E-state index in [0.717, 1.165) is 32.5 Å². The topological polar surface area (TPSA) is 35.6 Å². The summed E-state index contributed by atoms with van der Waals surface area (Å²) >= 11 is 0. The zero-order valence-electron chi connectivity index (χ0n) is 13.5. The molecule has 0 spiro atoms. The van der Waals surface area contributed by atoms with Gasteiger partial charge in [0, 0.05) is 31.4 Å². The number of urea groups is 1. The quantitative estimate of drug-likeness (QED) is 0.926. The third-order valence-electron chi connectivity index (χ3n) is 4.95. The lowest BCUT2D eigenvalue weighted by Crippen LogP contribution is -2.64. The minimum absolute atomic E-state index is 0.132. The molecule has 0 radical (unpaired) electrons. The van der Waals surface area contributed by atoms with Crippen molar-refractivity contribution >= 4 is 11.7 Å². The molecule has 4 nitrogen and oxygen atoms in total. The summed E-state index contributed by atoms with van der Waals surface area (Å²) in [7, 11) is 0. The lowest BCUT2D eigenvalue weighted by atomic mass is 9.95. The van der Waals surface area contributed by atoms with Crippen molar-refractivity contribution in [2.24, 2.45) is 0 Å². The van der Waals surface area contributed by atoms with E-state index in [1.165, 1.54) is 24.9 Å². The normalized spacial score (nSPS) is 19.6. The van der Waals surface area contributed by atoms with Crippen molar-refractivity contribution in [2.75, 3.05) is 24.5 Å². The van der Waals surface area contributed by atoms with E-state index in [1.807, 2.05) is 11.0 Å². The molecule has 22 heavy (non-hydrogen) atoms. The second-order valence-electron chi connectivity index (χ2n) is 6.46. The highest BCUT2D eigenvalue weighted by molar-refractivity contribution is 5.76. The number of benzene rings is 1. The van der Waals surface area contributed by atoms with Gasteiger partial charge in [0.25, 0.3) is 0 Å². The largest absolute Gasteiger partial charge is 0.365 e. The van der Waals surface area contributed by atoms with Gasteiger partial charge in [-0.1, -0.05) is 37.5 Å². The number of likely N-dealkylation sites (tertiary alicyclic amines) is 1. The lowest BCUT2D eigenvalue weighted by Gasteiger charge is -2.46. The van der Waals surface area contributed by atoms with E-state index in [-0.39, 0.29) is 6.03 Å². The average molecular weight is 301 g/mol. The van der Waals surface area contributed by atoms with E-state index in [1.54, 1.807) is 0 Å². The van der Waals surface area contributed by atoms with Gasteiger partial charge in [0.15, 0.2) is 0 Å². The Hall–Kier alpha value is -1.71. The van der Waals surface area contributed by atoms with Crippen LogP contribution in [-0.4, -0.2) is 42.6 Å². The fraction of sp³-hybridized carbons (Fsp3) is 0.611. The Balaban J connectivity index is 1.49. The van der Waals surface area contributed by atoms with Gasteiger partial charge >= 0.3 is 6.03 Å². The number of likely N-dealkylation sites (N-methyl/N-ethyl adjacent to an activating group) is 1. The van der Waals surface area contributed by atoms with Crippen LogP contribution < -0.4 is 10.2 Å². The van der Waals surface area contributed by atoms with Gasteiger partial charge in [0.2, 0.25) is 0 Å². The number of rotatable bonds is 4. The van der Waals surface area contributed by atoms with Gasteiger partial charge in [-0.25, -0.2) is 4.79 Å². The minimum Gasteiger partial charge on any atom is -0.365 e. The second kappa shape index (κ2) is 7.03. The maximum absolute atomic E-state index is 12.3. The van der Waals surface area contributed by atoms with E-state index >= 15 is 0 Å². The first-order chi connectivity index (χ1) is 10.8. The Labute approximate surface area is 133 Å². The molecular weight excluding hydrogens is 274 g/mol. The van der Waals surface area contributed by atoms with Crippen molar-refractivity contribution in [1.82, 2.24) is 10.2 Å². The number of nitrogens with one attached hydrogen (secondary N) is 1. The summed E-state index contributed by atoms with van der Waals surface area (Å²) in [6.45, 7) is 4.83. The number of carbonyl (C=O) groups excluding carboxylic acids is 1. The van der Waals surface area contributed by atoms with Crippen molar-refractivity contribution in [3.8, 4) is 0 Å². The number of nitrogens with zero attached hydrogens (tertiary/aromatic N) is 2. The fourth-order valence-corrected chi connectivity index (χ4v) is 3.60. The molecule has 0 bridgehead atoms. The standard InChI is InChI=1S/C18H27N3O/c1-2-21(16-11-7-4-8-12-16)17-13-20(14-17)18(22)19-15-9-5-3-6-10-15/h4,7-8,11-12,15,17H,2-3,5-6,9-10,13-14H2,1H3,(H,19,22). The van der Waals surface area contributed by atoms with E-state index in [9.17, 15) is 4.79 Å². The SMILES string of the molecule is CCN(c1ccccc1)C1CN(C(=O)NC2CCCCC2)C1. The Bertz CT molecular complexity index is 478. The molecule has 2 fully saturated rings. The van der Waals surface area contributed by atoms with Gasteiger partial charge in [0.05, 0.1) is 6.04 Å². The predicted molar refractivity (Wildman–Crippen MR) is 90.2 cm³/mol. The van der Waals surface area contributed by atoms with Crippen LogP contribution in [0.25, 0.3) is 0 Å². The molecule has 120 valence electrons. The Morgan fingerprint density at radius 1 is 1.18 bits per heavy atom. The van der Waals surface area contributed by atoms with Gasteiger partial charge in [-0.05, 0) is 31.9 Å². The molecule has 2 amide bonds. The monoisotopic (exact) mass is 301 g/mol. The summed E-state index contributed by atoms with van der Waals surface area (Å²) in [6, 6.07) is 11.5. The van der Waals surface area contributed by atoms with Crippen molar-refractivity contribution in [1.29, 1.82) is 0 Å². The highest BCUT2D eigenvalue weighted by atomic mass is 16.2. The molecule has 1 N–H and O–H groups in total.